The molecular weight excluding hydrogens is 398 g/mol. The van der Waals surface area contributed by atoms with E-state index in [1.807, 2.05) is 55.5 Å². The Labute approximate surface area is 179 Å². The Morgan fingerprint density at radius 1 is 1.03 bits per heavy atom. The molecule has 0 radical (unpaired) electrons. The number of rotatable bonds is 7. The van der Waals surface area contributed by atoms with E-state index in [4.69, 9.17) is 4.74 Å². The molecule has 3 aromatic rings. The van der Waals surface area contributed by atoms with Crippen LogP contribution in [-0.4, -0.2) is 29.8 Å². The number of thiophene rings is 1. The highest BCUT2D eigenvalue weighted by atomic mass is 32.1. The maximum Gasteiger partial charge on any atom is 0.407 e. The van der Waals surface area contributed by atoms with Gasteiger partial charge in [0.15, 0.2) is 0 Å². The van der Waals surface area contributed by atoms with Crippen molar-refractivity contribution in [3.63, 3.8) is 0 Å². The summed E-state index contributed by atoms with van der Waals surface area (Å²) in [4.78, 5) is 26.2. The van der Waals surface area contributed by atoms with Gasteiger partial charge in [-0.05, 0) is 54.2 Å². The number of ether oxygens (including phenoxy) is 1. The molecule has 0 saturated carbocycles. The third kappa shape index (κ3) is 4.24. The lowest BCUT2D eigenvalue weighted by atomic mass is 9.98. The molecule has 1 amide bonds. The lowest BCUT2D eigenvalue weighted by molar-refractivity contribution is -0.139. The standard InChI is InChI=1S/C24H23NO4S/c1-15-10-11-16(30-15)12-13-22(23(26)27)25-24(28)29-14-21-19-8-4-2-6-17(19)18-7-3-5-9-20(18)21/h2-11,21-22H,12-14H2,1H3,(H,25,28)(H,26,27)/t22-/m0/s1. The van der Waals surface area contributed by atoms with Crippen molar-refractivity contribution in [1.82, 2.24) is 5.32 Å². The molecule has 30 heavy (non-hydrogen) atoms. The largest absolute Gasteiger partial charge is 0.480 e. The van der Waals surface area contributed by atoms with Gasteiger partial charge in [-0.3, -0.25) is 0 Å². The molecule has 0 aliphatic heterocycles. The molecule has 0 bridgehead atoms. The van der Waals surface area contributed by atoms with E-state index in [-0.39, 0.29) is 12.5 Å². The number of hydrogen-bond donors (Lipinski definition) is 2. The minimum atomic E-state index is -1.06. The maximum absolute atomic E-state index is 12.4. The van der Waals surface area contributed by atoms with E-state index in [1.54, 1.807) is 11.3 Å². The summed E-state index contributed by atoms with van der Waals surface area (Å²) in [5.74, 6) is -1.11. The molecule has 1 atom stereocenters. The Bertz CT molecular complexity index is 1030. The van der Waals surface area contributed by atoms with Crippen molar-refractivity contribution >= 4 is 23.4 Å². The third-order valence-electron chi connectivity index (χ3n) is 5.41. The molecule has 1 aliphatic carbocycles. The molecule has 0 spiro atoms. The van der Waals surface area contributed by atoms with Crippen molar-refractivity contribution in [1.29, 1.82) is 0 Å². The van der Waals surface area contributed by atoms with Gasteiger partial charge >= 0.3 is 12.1 Å². The van der Waals surface area contributed by atoms with Gasteiger partial charge in [-0.15, -0.1) is 11.3 Å². The fraction of sp³-hybridized carbons (Fsp3) is 0.250. The highest BCUT2D eigenvalue weighted by Gasteiger charge is 2.29. The van der Waals surface area contributed by atoms with E-state index in [0.29, 0.717) is 12.8 Å². The lowest BCUT2D eigenvalue weighted by Crippen LogP contribution is -2.41. The van der Waals surface area contributed by atoms with Crippen LogP contribution in [0.3, 0.4) is 0 Å². The van der Waals surface area contributed by atoms with Crippen LogP contribution in [0.1, 0.15) is 33.2 Å². The molecule has 0 saturated heterocycles. The Hall–Kier alpha value is -3.12. The molecule has 2 N–H and O–H groups in total. The summed E-state index contributed by atoms with van der Waals surface area (Å²) in [5.41, 5.74) is 4.54. The Morgan fingerprint density at radius 3 is 2.23 bits per heavy atom. The average Bonchev–Trinajstić information content (AvgIpc) is 3.30. The van der Waals surface area contributed by atoms with Crippen LogP contribution in [0.15, 0.2) is 60.7 Å². The Balaban J connectivity index is 1.38. The fourth-order valence-electron chi connectivity index (χ4n) is 3.95. The van der Waals surface area contributed by atoms with Crippen molar-refractivity contribution < 1.29 is 19.4 Å². The molecular formula is C24H23NO4S. The summed E-state index contributed by atoms with van der Waals surface area (Å²) in [6.07, 6.45) is 0.213. The highest BCUT2D eigenvalue weighted by Crippen LogP contribution is 2.44. The monoisotopic (exact) mass is 421 g/mol. The first-order chi connectivity index (χ1) is 14.5. The van der Waals surface area contributed by atoms with Crippen molar-refractivity contribution in [2.45, 2.75) is 31.7 Å². The number of carbonyl (C=O) groups excluding carboxylic acids is 1. The van der Waals surface area contributed by atoms with E-state index in [0.717, 1.165) is 27.1 Å². The summed E-state index contributed by atoms with van der Waals surface area (Å²) in [5, 5.41) is 12.0. The number of carbonyl (C=O) groups is 2. The Morgan fingerprint density at radius 2 is 1.67 bits per heavy atom. The number of fused-ring (bicyclic) bond motifs is 3. The molecule has 0 unspecified atom stereocenters. The van der Waals surface area contributed by atoms with Crippen LogP contribution in [0.2, 0.25) is 0 Å². The zero-order valence-corrected chi connectivity index (χ0v) is 17.4. The average molecular weight is 422 g/mol. The number of carboxylic acid groups (broad SMARTS) is 1. The van der Waals surface area contributed by atoms with Gasteiger partial charge in [0.05, 0.1) is 0 Å². The zero-order chi connectivity index (χ0) is 21.1. The first kappa shape index (κ1) is 20.2. The molecule has 1 aliphatic rings. The van der Waals surface area contributed by atoms with Crippen LogP contribution in [0.4, 0.5) is 4.79 Å². The SMILES string of the molecule is Cc1ccc(CC[C@H](NC(=O)OCC2c3ccccc3-c3ccccc32)C(=O)O)s1. The highest BCUT2D eigenvalue weighted by molar-refractivity contribution is 7.11. The Kier molecular flexibility index (Phi) is 5.86. The van der Waals surface area contributed by atoms with E-state index < -0.39 is 18.1 Å². The number of aryl methyl sites for hydroxylation is 2. The minimum Gasteiger partial charge on any atom is -0.480 e. The van der Waals surface area contributed by atoms with E-state index in [2.05, 4.69) is 17.4 Å². The summed E-state index contributed by atoms with van der Waals surface area (Å²) < 4.78 is 5.47. The summed E-state index contributed by atoms with van der Waals surface area (Å²) >= 11 is 1.64. The predicted octanol–water partition coefficient (Wildman–Crippen LogP) is 4.98. The molecule has 0 fully saturated rings. The van der Waals surface area contributed by atoms with Crippen molar-refractivity contribution in [2.75, 3.05) is 6.61 Å². The molecule has 6 heteroatoms. The van der Waals surface area contributed by atoms with Crippen LogP contribution in [0.5, 0.6) is 0 Å². The zero-order valence-electron chi connectivity index (χ0n) is 16.6. The van der Waals surface area contributed by atoms with Gasteiger partial charge in [0.25, 0.3) is 0 Å². The van der Waals surface area contributed by atoms with Crippen LogP contribution in [0.25, 0.3) is 11.1 Å². The van der Waals surface area contributed by atoms with Crippen LogP contribution >= 0.6 is 11.3 Å². The summed E-state index contributed by atoms with van der Waals surface area (Å²) in [7, 11) is 0. The fourth-order valence-corrected chi connectivity index (χ4v) is 4.85. The summed E-state index contributed by atoms with van der Waals surface area (Å²) in [6.45, 7) is 2.17. The topological polar surface area (TPSA) is 75.6 Å². The molecule has 1 heterocycles. The van der Waals surface area contributed by atoms with Crippen molar-refractivity contribution in [2.24, 2.45) is 0 Å². The van der Waals surface area contributed by atoms with Crippen molar-refractivity contribution in [3.05, 3.63) is 81.5 Å². The number of nitrogens with one attached hydrogen (secondary N) is 1. The van der Waals surface area contributed by atoms with Gasteiger partial charge in [-0.1, -0.05) is 48.5 Å². The molecule has 154 valence electrons. The number of aliphatic carboxylic acids is 1. The van der Waals surface area contributed by atoms with Gasteiger partial charge in [0, 0.05) is 15.7 Å². The predicted molar refractivity (Wildman–Crippen MR) is 117 cm³/mol. The lowest BCUT2D eigenvalue weighted by Gasteiger charge is -2.17. The first-order valence-electron chi connectivity index (χ1n) is 9.92. The molecule has 5 nitrogen and oxygen atoms in total. The van der Waals surface area contributed by atoms with Crippen LogP contribution in [-0.2, 0) is 16.0 Å². The minimum absolute atomic E-state index is 0.0551. The van der Waals surface area contributed by atoms with E-state index >= 15 is 0 Å². The van der Waals surface area contributed by atoms with Crippen LogP contribution < -0.4 is 5.32 Å². The van der Waals surface area contributed by atoms with Gasteiger partial charge in [0.2, 0.25) is 0 Å². The third-order valence-corrected chi connectivity index (χ3v) is 6.47. The van der Waals surface area contributed by atoms with Gasteiger partial charge in [-0.2, -0.15) is 0 Å². The number of hydrogen-bond acceptors (Lipinski definition) is 4. The second-order valence-electron chi connectivity index (χ2n) is 7.41. The second kappa shape index (κ2) is 8.71. The number of amides is 1. The van der Waals surface area contributed by atoms with E-state index in [1.165, 1.54) is 4.88 Å². The first-order valence-corrected chi connectivity index (χ1v) is 10.7. The quantitative estimate of drug-likeness (QED) is 0.564. The maximum atomic E-state index is 12.4. The summed E-state index contributed by atoms with van der Waals surface area (Å²) in [6, 6.07) is 19.2. The van der Waals surface area contributed by atoms with E-state index in [9.17, 15) is 14.7 Å². The number of benzene rings is 2. The second-order valence-corrected chi connectivity index (χ2v) is 8.78. The normalized spacial score (nSPS) is 13.4. The van der Waals surface area contributed by atoms with Crippen LogP contribution in [0, 0.1) is 6.92 Å². The molecule has 1 aromatic heterocycles. The van der Waals surface area contributed by atoms with Gasteiger partial charge in [0.1, 0.15) is 12.6 Å². The molecule has 2 aromatic carbocycles. The number of carboxylic acids is 1. The van der Waals surface area contributed by atoms with Crippen molar-refractivity contribution in [3.8, 4) is 11.1 Å². The smallest absolute Gasteiger partial charge is 0.407 e. The number of alkyl carbamates (subject to hydrolysis) is 1. The van der Waals surface area contributed by atoms with Gasteiger partial charge < -0.3 is 15.2 Å². The van der Waals surface area contributed by atoms with Gasteiger partial charge in [-0.25, -0.2) is 9.59 Å². The molecule has 4 rings (SSSR count).